The first-order valence-corrected chi connectivity index (χ1v) is 8.57. The summed E-state index contributed by atoms with van der Waals surface area (Å²) in [4.78, 5) is 12.1. The lowest BCUT2D eigenvalue weighted by molar-refractivity contribution is -0.117. The highest BCUT2D eigenvalue weighted by Crippen LogP contribution is 2.54. The Labute approximate surface area is 143 Å². The molecule has 118 valence electrons. The molecule has 4 heteroatoms. The Morgan fingerprint density at radius 1 is 1.17 bits per heavy atom. The Hall–Kier alpha value is -1.81. The topological polar surface area (TPSA) is 35.5 Å². The maximum absolute atomic E-state index is 12.1. The molecule has 4 rings (SSSR count). The lowest BCUT2D eigenvalue weighted by atomic mass is 9.80. The fourth-order valence-corrected chi connectivity index (χ4v) is 4.35. The van der Waals surface area contributed by atoms with Crippen LogP contribution in [0.5, 0.6) is 11.5 Å². The molecule has 0 radical (unpaired) electrons. The second-order valence-electron chi connectivity index (χ2n) is 6.19. The predicted molar refractivity (Wildman–Crippen MR) is 91.0 cm³/mol. The van der Waals surface area contributed by atoms with Crippen LogP contribution >= 0.6 is 15.9 Å². The van der Waals surface area contributed by atoms with Crippen molar-refractivity contribution in [1.29, 1.82) is 0 Å². The van der Waals surface area contributed by atoms with Crippen molar-refractivity contribution in [2.75, 3.05) is 7.11 Å². The van der Waals surface area contributed by atoms with Crippen molar-refractivity contribution in [3.8, 4) is 11.5 Å². The molecule has 0 aromatic heterocycles. The lowest BCUT2D eigenvalue weighted by Crippen LogP contribution is -2.26. The largest absolute Gasteiger partial charge is 0.495 e. The van der Waals surface area contributed by atoms with E-state index in [0.717, 1.165) is 27.1 Å². The van der Waals surface area contributed by atoms with Crippen LogP contribution in [0.2, 0.25) is 0 Å². The summed E-state index contributed by atoms with van der Waals surface area (Å²) >= 11 is 3.54. The summed E-state index contributed by atoms with van der Waals surface area (Å²) < 4.78 is 12.6. The van der Waals surface area contributed by atoms with Crippen LogP contribution < -0.4 is 9.47 Å². The van der Waals surface area contributed by atoms with Gasteiger partial charge in [0.15, 0.2) is 0 Å². The minimum absolute atomic E-state index is 0.0777. The van der Waals surface area contributed by atoms with Gasteiger partial charge < -0.3 is 9.47 Å². The zero-order valence-corrected chi connectivity index (χ0v) is 14.4. The van der Waals surface area contributed by atoms with E-state index in [1.807, 2.05) is 30.3 Å². The number of methoxy groups -OCH3 is 1. The number of ether oxygens (including phenoxy) is 2. The number of carbonyl (C=O) groups excluding carboxylic acids is 1. The molecule has 2 aromatic rings. The van der Waals surface area contributed by atoms with Crippen LogP contribution in [-0.2, 0) is 4.79 Å². The monoisotopic (exact) mass is 372 g/mol. The van der Waals surface area contributed by atoms with Gasteiger partial charge in [0.2, 0.25) is 0 Å². The van der Waals surface area contributed by atoms with Crippen LogP contribution in [0.25, 0.3) is 0 Å². The highest BCUT2D eigenvalue weighted by atomic mass is 79.9. The van der Waals surface area contributed by atoms with E-state index >= 15 is 0 Å². The molecule has 3 nitrogen and oxygen atoms in total. The predicted octanol–water partition coefficient (Wildman–Crippen LogP) is 4.65. The fourth-order valence-electron chi connectivity index (χ4n) is 3.82. The third-order valence-electron chi connectivity index (χ3n) is 4.88. The van der Waals surface area contributed by atoms with Crippen molar-refractivity contribution in [3.63, 3.8) is 0 Å². The molecule has 1 fully saturated rings. The van der Waals surface area contributed by atoms with Gasteiger partial charge in [0.1, 0.15) is 23.4 Å². The third kappa shape index (κ3) is 2.45. The molecule has 0 spiro atoms. The first-order chi connectivity index (χ1) is 11.2. The number of hydrogen-bond donors (Lipinski definition) is 0. The molecule has 0 saturated heterocycles. The van der Waals surface area contributed by atoms with Crippen molar-refractivity contribution in [2.24, 2.45) is 5.92 Å². The summed E-state index contributed by atoms with van der Waals surface area (Å²) in [6.45, 7) is 0. The second-order valence-corrected chi connectivity index (χ2v) is 7.05. The first-order valence-electron chi connectivity index (χ1n) is 7.78. The van der Waals surface area contributed by atoms with E-state index in [2.05, 4.69) is 28.1 Å². The van der Waals surface area contributed by atoms with Crippen LogP contribution in [0, 0.1) is 5.92 Å². The van der Waals surface area contributed by atoms with Crippen molar-refractivity contribution >= 4 is 21.7 Å². The molecule has 1 aliphatic carbocycles. The van der Waals surface area contributed by atoms with E-state index in [0.29, 0.717) is 18.6 Å². The van der Waals surface area contributed by atoms with Gasteiger partial charge in [-0.1, -0.05) is 30.3 Å². The zero-order valence-electron chi connectivity index (χ0n) is 12.8. The van der Waals surface area contributed by atoms with Gasteiger partial charge in [0, 0.05) is 30.7 Å². The number of halogens is 1. The smallest absolute Gasteiger partial charge is 0.136 e. The molecule has 2 aliphatic rings. The van der Waals surface area contributed by atoms with Crippen LogP contribution in [0.4, 0.5) is 0 Å². The summed E-state index contributed by atoms with van der Waals surface area (Å²) in [6.07, 6.45) is 1.11. The van der Waals surface area contributed by atoms with Gasteiger partial charge in [-0.15, -0.1) is 0 Å². The van der Waals surface area contributed by atoms with Gasteiger partial charge in [0.05, 0.1) is 11.6 Å². The summed E-state index contributed by atoms with van der Waals surface area (Å²) in [6, 6.07) is 14.2. The fraction of sp³-hybridized carbons (Fsp3) is 0.316. The van der Waals surface area contributed by atoms with E-state index < -0.39 is 0 Å². The molecule has 3 atom stereocenters. The van der Waals surface area contributed by atoms with Crippen LogP contribution in [0.3, 0.4) is 0 Å². The van der Waals surface area contributed by atoms with E-state index in [-0.39, 0.29) is 17.9 Å². The summed E-state index contributed by atoms with van der Waals surface area (Å²) in [5.41, 5.74) is 2.24. The van der Waals surface area contributed by atoms with Gasteiger partial charge in [-0.25, -0.2) is 0 Å². The normalized spacial score (nSPS) is 25.5. The quantitative estimate of drug-likeness (QED) is 0.769. The number of hydrogen-bond acceptors (Lipinski definition) is 3. The third-order valence-corrected chi connectivity index (χ3v) is 5.50. The standard InChI is InChI=1S/C19H17BrO3/c1-22-18-10-17-14(9-16(18)20)13-7-12(21)8-15(13)19(23-17)11-5-3-2-4-6-11/h2-6,9-10,13,15,19H,7-8H2,1H3/t13-,15+,19-/m1/s1. The number of carbonyl (C=O) groups is 1. The molecular weight excluding hydrogens is 356 g/mol. The minimum atomic E-state index is -0.0777. The minimum Gasteiger partial charge on any atom is -0.495 e. The summed E-state index contributed by atoms with van der Waals surface area (Å²) in [5, 5.41) is 0. The number of fused-ring (bicyclic) bond motifs is 3. The van der Waals surface area contributed by atoms with E-state index in [1.165, 1.54) is 0 Å². The Bertz CT molecular complexity index is 757. The lowest BCUT2D eigenvalue weighted by Gasteiger charge is -2.36. The SMILES string of the molecule is COc1cc2c(cc1Br)[C@H]1CC(=O)C[C@@H]1[C@@H](c1ccccc1)O2. The molecule has 0 N–H and O–H groups in total. The molecule has 1 heterocycles. The highest BCUT2D eigenvalue weighted by molar-refractivity contribution is 9.10. The highest BCUT2D eigenvalue weighted by Gasteiger charge is 2.45. The van der Waals surface area contributed by atoms with Gasteiger partial charge in [-0.3, -0.25) is 4.79 Å². The average Bonchev–Trinajstić information content (AvgIpc) is 2.96. The average molecular weight is 373 g/mol. The van der Waals surface area contributed by atoms with E-state index in [4.69, 9.17) is 9.47 Å². The van der Waals surface area contributed by atoms with Crippen LogP contribution in [0.1, 0.15) is 36.0 Å². The number of ketones is 1. The van der Waals surface area contributed by atoms with Gasteiger partial charge in [-0.05, 0) is 33.1 Å². The molecule has 0 unspecified atom stereocenters. The summed E-state index contributed by atoms with van der Waals surface area (Å²) in [7, 11) is 1.64. The molecule has 23 heavy (non-hydrogen) atoms. The molecule has 1 aliphatic heterocycles. The molecule has 2 aromatic carbocycles. The molecule has 1 saturated carbocycles. The Morgan fingerprint density at radius 2 is 1.96 bits per heavy atom. The van der Waals surface area contributed by atoms with Gasteiger partial charge in [0.25, 0.3) is 0 Å². The number of Topliss-reactive ketones (excluding diaryl/α,β-unsaturated/α-hetero) is 1. The second kappa shape index (κ2) is 5.68. The van der Waals surface area contributed by atoms with E-state index in [9.17, 15) is 4.79 Å². The Balaban J connectivity index is 1.82. The van der Waals surface area contributed by atoms with Crippen molar-refractivity contribution in [3.05, 3.63) is 58.1 Å². The number of benzene rings is 2. The maximum Gasteiger partial charge on any atom is 0.136 e. The summed E-state index contributed by atoms with van der Waals surface area (Å²) in [5.74, 6) is 2.33. The zero-order chi connectivity index (χ0) is 16.0. The van der Waals surface area contributed by atoms with Gasteiger partial charge in [-0.2, -0.15) is 0 Å². The molecular formula is C19H17BrO3. The van der Waals surface area contributed by atoms with Crippen molar-refractivity contribution < 1.29 is 14.3 Å². The Kier molecular flexibility index (Phi) is 3.64. The first kappa shape index (κ1) is 14.8. The Morgan fingerprint density at radius 3 is 2.70 bits per heavy atom. The van der Waals surface area contributed by atoms with Crippen LogP contribution in [-0.4, -0.2) is 12.9 Å². The van der Waals surface area contributed by atoms with E-state index in [1.54, 1.807) is 7.11 Å². The molecule has 0 bridgehead atoms. The molecule has 0 amide bonds. The van der Waals surface area contributed by atoms with Crippen LogP contribution in [0.15, 0.2) is 46.9 Å². The maximum atomic E-state index is 12.1. The number of rotatable bonds is 2. The van der Waals surface area contributed by atoms with Crippen molar-refractivity contribution in [1.82, 2.24) is 0 Å². The van der Waals surface area contributed by atoms with Gasteiger partial charge >= 0.3 is 0 Å². The van der Waals surface area contributed by atoms with Crippen molar-refractivity contribution in [2.45, 2.75) is 24.9 Å².